The number of rotatable bonds is 7. The summed E-state index contributed by atoms with van der Waals surface area (Å²) in [4.78, 5) is -0.466. The molecule has 3 N–H and O–H groups in total. The molecule has 0 bridgehead atoms. The quantitative estimate of drug-likeness (QED) is 0.783. The predicted molar refractivity (Wildman–Crippen MR) is 84.6 cm³/mol. The number of hydrogen-bond donors (Lipinski definition) is 2. The summed E-state index contributed by atoms with van der Waals surface area (Å²) in [6.07, 6.45) is 3.98. The maximum absolute atomic E-state index is 14.2. The molecule has 23 heavy (non-hydrogen) atoms. The Kier molecular flexibility index (Phi) is 5.83. The fraction of sp³-hybridized carbons (Fsp3) is 0.600. The first kappa shape index (κ1) is 18.0. The van der Waals surface area contributed by atoms with E-state index >= 15 is 0 Å². The van der Waals surface area contributed by atoms with Gasteiger partial charge in [-0.1, -0.05) is 12.8 Å². The van der Waals surface area contributed by atoms with E-state index in [1.807, 2.05) is 0 Å². The molecule has 0 radical (unpaired) electrons. The zero-order chi connectivity index (χ0) is 17.0. The summed E-state index contributed by atoms with van der Waals surface area (Å²) in [7, 11) is -1.32. The highest BCUT2D eigenvalue weighted by molar-refractivity contribution is 7.89. The molecule has 1 fully saturated rings. The summed E-state index contributed by atoms with van der Waals surface area (Å²) in [6, 6.07) is 1.73. The molecular weight excluding hydrogens is 323 g/mol. The van der Waals surface area contributed by atoms with Gasteiger partial charge in [-0.2, -0.15) is 0 Å². The molecule has 1 saturated carbocycles. The van der Waals surface area contributed by atoms with E-state index in [0.29, 0.717) is 0 Å². The third-order valence-corrected chi connectivity index (χ3v) is 5.76. The average molecular weight is 346 g/mol. The number of halogens is 1. The van der Waals surface area contributed by atoms with Crippen LogP contribution in [0.1, 0.15) is 25.7 Å². The van der Waals surface area contributed by atoms with Crippen LogP contribution >= 0.6 is 0 Å². The maximum atomic E-state index is 14.2. The van der Waals surface area contributed by atoms with Crippen LogP contribution in [0.4, 0.5) is 4.39 Å². The van der Waals surface area contributed by atoms with Crippen LogP contribution in [0.5, 0.6) is 11.5 Å². The van der Waals surface area contributed by atoms with E-state index in [4.69, 9.17) is 15.2 Å². The van der Waals surface area contributed by atoms with E-state index < -0.39 is 26.8 Å². The average Bonchev–Trinajstić information content (AvgIpc) is 3.06. The Morgan fingerprint density at radius 1 is 1.26 bits per heavy atom. The van der Waals surface area contributed by atoms with E-state index in [9.17, 15) is 12.8 Å². The molecule has 1 aromatic carbocycles. The standard InChI is InChI=1S/C15H23FN2O4S/c1-21-13-7-11(16)15(8-14(13)22-2)23(19,20)18-12(9-17)10-5-3-4-6-10/h7-8,10,12,18H,3-6,9,17H2,1-2H3. The summed E-state index contributed by atoms with van der Waals surface area (Å²) in [5.74, 6) is -0.412. The van der Waals surface area contributed by atoms with E-state index in [0.717, 1.165) is 37.8 Å². The lowest BCUT2D eigenvalue weighted by molar-refractivity contribution is 0.350. The van der Waals surface area contributed by atoms with E-state index in [1.165, 1.54) is 14.2 Å². The topological polar surface area (TPSA) is 90.7 Å². The summed E-state index contributed by atoms with van der Waals surface area (Å²) < 4.78 is 51.8. The highest BCUT2D eigenvalue weighted by atomic mass is 32.2. The van der Waals surface area contributed by atoms with Gasteiger partial charge in [0.05, 0.1) is 14.2 Å². The lowest BCUT2D eigenvalue weighted by Gasteiger charge is -2.23. The van der Waals surface area contributed by atoms with Crippen molar-refractivity contribution in [3.63, 3.8) is 0 Å². The van der Waals surface area contributed by atoms with Gasteiger partial charge in [-0.05, 0) is 18.8 Å². The fourth-order valence-electron chi connectivity index (χ4n) is 3.00. The van der Waals surface area contributed by atoms with Gasteiger partial charge in [0.1, 0.15) is 10.7 Å². The predicted octanol–water partition coefficient (Wildman–Crippen LogP) is 1.64. The molecule has 0 aliphatic heterocycles. The fourth-order valence-corrected chi connectivity index (χ4v) is 4.39. The van der Waals surface area contributed by atoms with Gasteiger partial charge in [-0.25, -0.2) is 17.5 Å². The van der Waals surface area contributed by atoms with Crippen molar-refractivity contribution in [1.29, 1.82) is 0 Å². The van der Waals surface area contributed by atoms with Crippen LogP contribution in [0, 0.1) is 11.7 Å². The molecule has 0 aromatic heterocycles. The van der Waals surface area contributed by atoms with Gasteiger partial charge in [0.25, 0.3) is 0 Å². The molecule has 1 aromatic rings. The van der Waals surface area contributed by atoms with Crippen LogP contribution < -0.4 is 19.9 Å². The van der Waals surface area contributed by atoms with Crippen LogP contribution in [0.15, 0.2) is 17.0 Å². The lowest BCUT2D eigenvalue weighted by Crippen LogP contribution is -2.44. The van der Waals surface area contributed by atoms with Crippen molar-refractivity contribution in [3.05, 3.63) is 17.9 Å². The van der Waals surface area contributed by atoms with Crippen molar-refractivity contribution in [2.24, 2.45) is 11.7 Å². The number of nitrogens with two attached hydrogens (primary N) is 1. The first-order valence-corrected chi connectivity index (χ1v) is 9.05. The number of nitrogens with one attached hydrogen (secondary N) is 1. The smallest absolute Gasteiger partial charge is 0.243 e. The SMILES string of the molecule is COc1cc(F)c(S(=O)(=O)NC(CN)C2CCCC2)cc1OC. The first-order valence-electron chi connectivity index (χ1n) is 7.57. The van der Waals surface area contributed by atoms with Crippen molar-refractivity contribution < 1.29 is 22.3 Å². The Morgan fingerprint density at radius 3 is 2.35 bits per heavy atom. The van der Waals surface area contributed by atoms with Gasteiger partial charge >= 0.3 is 0 Å². The molecule has 8 heteroatoms. The van der Waals surface area contributed by atoms with Crippen LogP contribution in [0.3, 0.4) is 0 Å². The number of methoxy groups -OCH3 is 2. The van der Waals surface area contributed by atoms with Gasteiger partial charge in [0.15, 0.2) is 11.5 Å². The highest BCUT2D eigenvalue weighted by Crippen LogP contribution is 2.33. The molecule has 0 amide bonds. The third-order valence-electron chi connectivity index (χ3n) is 4.26. The summed E-state index contributed by atoms with van der Waals surface area (Å²) in [5, 5.41) is 0. The van der Waals surface area contributed by atoms with Gasteiger partial charge in [-0.3, -0.25) is 0 Å². The van der Waals surface area contributed by atoms with Crippen LogP contribution in [-0.2, 0) is 10.0 Å². The molecule has 2 rings (SSSR count). The monoisotopic (exact) mass is 346 g/mol. The van der Waals surface area contributed by atoms with Gasteiger partial charge in [-0.15, -0.1) is 0 Å². The Bertz CT molecular complexity index is 645. The largest absolute Gasteiger partial charge is 0.493 e. The molecule has 0 heterocycles. The number of hydrogen-bond acceptors (Lipinski definition) is 5. The van der Waals surface area contributed by atoms with Crippen molar-refractivity contribution in [2.75, 3.05) is 20.8 Å². The first-order chi connectivity index (χ1) is 10.9. The molecular formula is C15H23FN2O4S. The van der Waals surface area contributed by atoms with Gasteiger partial charge in [0, 0.05) is 24.7 Å². The number of ether oxygens (including phenoxy) is 2. The molecule has 1 aliphatic carbocycles. The Morgan fingerprint density at radius 2 is 1.83 bits per heavy atom. The number of benzene rings is 1. The minimum atomic E-state index is -4.04. The second kappa shape index (κ2) is 7.46. The molecule has 6 nitrogen and oxygen atoms in total. The molecule has 0 saturated heterocycles. The van der Waals surface area contributed by atoms with E-state index in [1.54, 1.807) is 0 Å². The minimum absolute atomic E-state index is 0.134. The highest BCUT2D eigenvalue weighted by Gasteiger charge is 2.30. The summed E-state index contributed by atoms with van der Waals surface area (Å²) in [5.41, 5.74) is 5.71. The molecule has 0 spiro atoms. The zero-order valence-electron chi connectivity index (χ0n) is 13.3. The molecule has 1 aliphatic rings. The third kappa shape index (κ3) is 3.94. The molecule has 1 unspecified atom stereocenters. The van der Waals surface area contributed by atoms with Crippen LogP contribution in [-0.4, -0.2) is 35.2 Å². The number of sulfonamides is 1. The maximum Gasteiger partial charge on any atom is 0.243 e. The van der Waals surface area contributed by atoms with E-state index in [2.05, 4.69) is 4.72 Å². The van der Waals surface area contributed by atoms with Crippen molar-refractivity contribution in [2.45, 2.75) is 36.6 Å². The second-order valence-corrected chi connectivity index (χ2v) is 7.33. The second-order valence-electron chi connectivity index (χ2n) is 5.65. The van der Waals surface area contributed by atoms with Gasteiger partial charge in [0.2, 0.25) is 10.0 Å². The normalized spacial score (nSPS) is 17.2. The van der Waals surface area contributed by atoms with Crippen LogP contribution in [0.25, 0.3) is 0 Å². The van der Waals surface area contributed by atoms with E-state index in [-0.39, 0.29) is 24.0 Å². The minimum Gasteiger partial charge on any atom is -0.493 e. The Balaban J connectivity index is 2.31. The summed E-state index contributed by atoms with van der Waals surface area (Å²) in [6.45, 7) is 0.179. The van der Waals surface area contributed by atoms with Crippen LogP contribution in [0.2, 0.25) is 0 Å². The van der Waals surface area contributed by atoms with Gasteiger partial charge < -0.3 is 15.2 Å². The van der Waals surface area contributed by atoms with Crippen molar-refractivity contribution in [3.8, 4) is 11.5 Å². The van der Waals surface area contributed by atoms with Crippen molar-refractivity contribution >= 4 is 10.0 Å². The zero-order valence-corrected chi connectivity index (χ0v) is 14.2. The Labute approximate surface area is 136 Å². The summed E-state index contributed by atoms with van der Waals surface area (Å²) >= 11 is 0. The lowest BCUT2D eigenvalue weighted by atomic mass is 9.99. The molecule has 130 valence electrons. The van der Waals surface area contributed by atoms with Crippen molar-refractivity contribution in [1.82, 2.24) is 4.72 Å². The molecule has 1 atom stereocenters. The Hall–Kier alpha value is -1.38.